The van der Waals surface area contributed by atoms with Crippen LogP contribution in [0.1, 0.15) is 18.9 Å². The summed E-state index contributed by atoms with van der Waals surface area (Å²) in [7, 11) is 0. The highest BCUT2D eigenvalue weighted by atomic mass is 16.3. The average Bonchev–Trinajstić information content (AvgIpc) is 2.68. The number of anilines is 1. The third-order valence-corrected chi connectivity index (χ3v) is 2.71. The van der Waals surface area contributed by atoms with Crippen molar-refractivity contribution in [3.63, 3.8) is 0 Å². The van der Waals surface area contributed by atoms with Crippen LogP contribution in [0.3, 0.4) is 0 Å². The Kier molecular flexibility index (Phi) is 3.58. The summed E-state index contributed by atoms with van der Waals surface area (Å²) in [6, 6.07) is 3.97. The van der Waals surface area contributed by atoms with E-state index in [1.807, 2.05) is 25.3 Å². The van der Waals surface area contributed by atoms with Crippen molar-refractivity contribution in [3.8, 4) is 0 Å². The number of aliphatic hydroxyl groups is 1. The van der Waals surface area contributed by atoms with Crippen molar-refractivity contribution in [2.45, 2.75) is 20.3 Å². The molecule has 1 unspecified atom stereocenters. The summed E-state index contributed by atoms with van der Waals surface area (Å²) in [5.74, 6) is 1.05. The smallest absolute Gasteiger partial charge is 0.243 e. The van der Waals surface area contributed by atoms with Gasteiger partial charge in [0.2, 0.25) is 5.95 Å². The fourth-order valence-corrected chi connectivity index (χ4v) is 1.65. The molecule has 5 heteroatoms. The second kappa shape index (κ2) is 5.14. The van der Waals surface area contributed by atoms with Gasteiger partial charge in [0.05, 0.1) is 0 Å². The Hall–Kier alpha value is -1.62. The third kappa shape index (κ3) is 2.94. The van der Waals surface area contributed by atoms with E-state index in [1.165, 1.54) is 0 Å². The molecule has 0 saturated carbocycles. The molecule has 0 fully saturated rings. The van der Waals surface area contributed by atoms with Gasteiger partial charge in [0, 0.05) is 19.3 Å². The first kappa shape index (κ1) is 11.9. The molecule has 2 aromatic rings. The fraction of sp³-hybridized carbons (Fsp3) is 0.500. The van der Waals surface area contributed by atoms with Gasteiger partial charge in [-0.25, -0.2) is 4.52 Å². The molecule has 0 spiro atoms. The van der Waals surface area contributed by atoms with E-state index >= 15 is 0 Å². The van der Waals surface area contributed by atoms with E-state index in [0.717, 1.165) is 24.2 Å². The summed E-state index contributed by atoms with van der Waals surface area (Å²) in [5, 5.41) is 16.3. The first-order valence-electron chi connectivity index (χ1n) is 5.87. The first-order chi connectivity index (χ1) is 8.19. The van der Waals surface area contributed by atoms with Gasteiger partial charge in [-0.3, -0.25) is 0 Å². The van der Waals surface area contributed by atoms with Crippen molar-refractivity contribution in [2.24, 2.45) is 5.92 Å². The summed E-state index contributed by atoms with van der Waals surface area (Å²) in [4.78, 5) is 4.36. The quantitative estimate of drug-likeness (QED) is 0.822. The zero-order chi connectivity index (χ0) is 12.3. The number of rotatable bonds is 5. The summed E-state index contributed by atoms with van der Waals surface area (Å²) in [6.07, 6.45) is 2.74. The lowest BCUT2D eigenvalue weighted by atomic mass is 10.1. The molecule has 17 heavy (non-hydrogen) atoms. The molecule has 0 aromatic carbocycles. The minimum absolute atomic E-state index is 0.223. The zero-order valence-corrected chi connectivity index (χ0v) is 10.2. The topological polar surface area (TPSA) is 62.5 Å². The van der Waals surface area contributed by atoms with Crippen molar-refractivity contribution >= 4 is 11.6 Å². The van der Waals surface area contributed by atoms with Crippen molar-refractivity contribution < 1.29 is 5.11 Å². The second-order valence-electron chi connectivity index (χ2n) is 4.44. The largest absolute Gasteiger partial charge is 0.396 e. The van der Waals surface area contributed by atoms with Crippen LogP contribution in [0.2, 0.25) is 0 Å². The van der Waals surface area contributed by atoms with Gasteiger partial charge in [-0.05, 0) is 30.9 Å². The van der Waals surface area contributed by atoms with Crippen molar-refractivity contribution in [3.05, 3.63) is 23.9 Å². The maximum Gasteiger partial charge on any atom is 0.243 e. The minimum Gasteiger partial charge on any atom is -0.396 e. The average molecular weight is 234 g/mol. The fourth-order valence-electron chi connectivity index (χ4n) is 1.65. The van der Waals surface area contributed by atoms with Gasteiger partial charge in [0.1, 0.15) is 0 Å². The molecular formula is C12H18N4O. The number of hydrogen-bond acceptors (Lipinski definition) is 4. The van der Waals surface area contributed by atoms with E-state index in [9.17, 15) is 0 Å². The number of aliphatic hydroxyl groups excluding tert-OH is 1. The number of aromatic nitrogens is 3. The molecule has 0 aliphatic rings. The molecule has 0 radical (unpaired) electrons. The lowest BCUT2D eigenvalue weighted by Crippen LogP contribution is -2.13. The lowest BCUT2D eigenvalue weighted by Gasteiger charge is -2.08. The normalized spacial score (nSPS) is 12.9. The maximum absolute atomic E-state index is 8.82. The van der Waals surface area contributed by atoms with Gasteiger partial charge in [-0.1, -0.05) is 13.0 Å². The zero-order valence-electron chi connectivity index (χ0n) is 10.2. The molecule has 0 bridgehead atoms. The molecule has 2 N–H and O–H groups in total. The van der Waals surface area contributed by atoms with Crippen LogP contribution in [0, 0.1) is 12.8 Å². The van der Waals surface area contributed by atoms with Crippen LogP contribution in [0.4, 0.5) is 5.95 Å². The van der Waals surface area contributed by atoms with Gasteiger partial charge in [-0.15, -0.1) is 5.10 Å². The Balaban J connectivity index is 2.04. The maximum atomic E-state index is 8.82. The Morgan fingerprint density at radius 2 is 2.29 bits per heavy atom. The second-order valence-corrected chi connectivity index (χ2v) is 4.44. The monoisotopic (exact) mass is 234 g/mol. The molecule has 0 aliphatic carbocycles. The van der Waals surface area contributed by atoms with Gasteiger partial charge >= 0.3 is 0 Å². The van der Waals surface area contributed by atoms with E-state index in [0.29, 0.717) is 11.9 Å². The highest BCUT2D eigenvalue weighted by Gasteiger charge is 2.05. The van der Waals surface area contributed by atoms with E-state index in [-0.39, 0.29) is 6.61 Å². The highest BCUT2D eigenvalue weighted by molar-refractivity contribution is 5.44. The Bertz CT molecular complexity index is 494. The van der Waals surface area contributed by atoms with Crippen LogP contribution < -0.4 is 5.32 Å². The molecular weight excluding hydrogens is 216 g/mol. The SMILES string of the molecule is Cc1ccc2nc(NCC(C)CCO)nn2c1. The Labute approximate surface area is 100 Å². The predicted molar refractivity (Wildman–Crippen MR) is 67.1 cm³/mol. The number of fused-ring (bicyclic) bond motifs is 1. The Morgan fingerprint density at radius 1 is 1.47 bits per heavy atom. The number of aryl methyl sites for hydroxylation is 1. The van der Waals surface area contributed by atoms with Gasteiger partial charge in [-0.2, -0.15) is 4.98 Å². The van der Waals surface area contributed by atoms with Crippen LogP contribution in [-0.2, 0) is 0 Å². The van der Waals surface area contributed by atoms with Gasteiger partial charge < -0.3 is 10.4 Å². The first-order valence-corrected chi connectivity index (χ1v) is 5.87. The van der Waals surface area contributed by atoms with Crippen molar-refractivity contribution in [1.82, 2.24) is 14.6 Å². The standard InChI is InChI=1S/C12H18N4O/c1-9(5-6-17)7-13-12-14-11-4-3-10(2)8-16(11)15-12/h3-4,8-9,17H,5-7H2,1-2H3,(H,13,15). The van der Waals surface area contributed by atoms with E-state index in [2.05, 4.69) is 22.3 Å². The molecule has 2 heterocycles. The molecule has 0 saturated heterocycles. The van der Waals surface area contributed by atoms with E-state index in [4.69, 9.17) is 5.11 Å². The van der Waals surface area contributed by atoms with E-state index in [1.54, 1.807) is 4.52 Å². The molecule has 0 aliphatic heterocycles. The summed E-state index contributed by atoms with van der Waals surface area (Å²) in [5.41, 5.74) is 2.00. The van der Waals surface area contributed by atoms with Crippen LogP contribution >= 0.6 is 0 Å². The van der Waals surface area contributed by atoms with Crippen LogP contribution in [0.25, 0.3) is 5.65 Å². The third-order valence-electron chi connectivity index (χ3n) is 2.71. The molecule has 2 aromatic heterocycles. The highest BCUT2D eigenvalue weighted by Crippen LogP contribution is 2.08. The molecule has 5 nitrogen and oxygen atoms in total. The molecule has 92 valence electrons. The van der Waals surface area contributed by atoms with Gasteiger partial charge in [0.25, 0.3) is 0 Å². The van der Waals surface area contributed by atoms with Crippen LogP contribution in [0.5, 0.6) is 0 Å². The Morgan fingerprint density at radius 3 is 3.06 bits per heavy atom. The number of pyridine rings is 1. The van der Waals surface area contributed by atoms with Crippen LogP contribution in [0.15, 0.2) is 18.3 Å². The van der Waals surface area contributed by atoms with Crippen LogP contribution in [-0.4, -0.2) is 32.9 Å². The summed E-state index contributed by atoms with van der Waals surface area (Å²) in [6.45, 7) is 5.11. The minimum atomic E-state index is 0.223. The predicted octanol–water partition coefficient (Wildman–Crippen LogP) is 1.47. The lowest BCUT2D eigenvalue weighted by molar-refractivity contribution is 0.265. The molecule has 2 rings (SSSR count). The molecule has 1 atom stereocenters. The van der Waals surface area contributed by atoms with Crippen molar-refractivity contribution in [2.75, 3.05) is 18.5 Å². The summed E-state index contributed by atoms with van der Waals surface area (Å²) < 4.78 is 1.77. The summed E-state index contributed by atoms with van der Waals surface area (Å²) >= 11 is 0. The van der Waals surface area contributed by atoms with Crippen molar-refractivity contribution in [1.29, 1.82) is 0 Å². The molecule has 0 amide bonds. The number of nitrogens with one attached hydrogen (secondary N) is 1. The number of hydrogen-bond donors (Lipinski definition) is 2. The van der Waals surface area contributed by atoms with E-state index < -0.39 is 0 Å². The van der Waals surface area contributed by atoms with Gasteiger partial charge in [0.15, 0.2) is 5.65 Å². The number of nitrogens with zero attached hydrogens (tertiary/aromatic N) is 3.